The van der Waals surface area contributed by atoms with Crippen LogP contribution in [0.3, 0.4) is 0 Å². The van der Waals surface area contributed by atoms with Gasteiger partial charge in [0.2, 0.25) is 0 Å². The van der Waals surface area contributed by atoms with Crippen molar-refractivity contribution in [2.45, 2.75) is 12.6 Å². The Balaban J connectivity index is 2.33. The van der Waals surface area contributed by atoms with Crippen LogP contribution < -0.4 is 5.73 Å². The van der Waals surface area contributed by atoms with Gasteiger partial charge < -0.3 is 24.8 Å². The second-order valence-electron chi connectivity index (χ2n) is 2.88. The molecule has 0 saturated carbocycles. The van der Waals surface area contributed by atoms with Crippen molar-refractivity contribution in [3.05, 3.63) is 11.7 Å². The number of ether oxygens (including phenoxy) is 2. The first kappa shape index (κ1) is 12.1. The smallest absolute Gasteiger partial charge is 0.252 e. The number of methoxy groups -OCH3 is 1. The Bertz CT molecular complexity index is 279. The topological polar surface area (TPSA) is 104 Å². The van der Waals surface area contributed by atoms with Gasteiger partial charge in [0.1, 0.15) is 6.61 Å². The number of hydrogen-bond acceptors (Lipinski definition) is 7. The van der Waals surface area contributed by atoms with E-state index in [1.807, 2.05) is 0 Å². The van der Waals surface area contributed by atoms with Gasteiger partial charge in [0.05, 0.1) is 25.9 Å². The van der Waals surface area contributed by atoms with Crippen LogP contribution in [0.4, 0.5) is 0 Å². The van der Waals surface area contributed by atoms with Crippen molar-refractivity contribution < 1.29 is 19.1 Å². The van der Waals surface area contributed by atoms with Gasteiger partial charge in [-0.15, -0.1) is 0 Å². The molecule has 7 nitrogen and oxygen atoms in total. The van der Waals surface area contributed by atoms with Crippen molar-refractivity contribution in [1.29, 1.82) is 0 Å². The monoisotopic (exact) mass is 217 g/mol. The minimum Gasteiger partial charge on any atom is -0.394 e. The summed E-state index contributed by atoms with van der Waals surface area (Å²) in [4.78, 5) is 3.95. The first-order valence-corrected chi connectivity index (χ1v) is 4.53. The van der Waals surface area contributed by atoms with Gasteiger partial charge in [0.15, 0.2) is 5.82 Å². The van der Waals surface area contributed by atoms with Crippen LogP contribution in [0.1, 0.15) is 17.8 Å². The van der Waals surface area contributed by atoms with E-state index in [-0.39, 0.29) is 19.0 Å². The summed E-state index contributed by atoms with van der Waals surface area (Å²) in [7, 11) is 1.59. The zero-order valence-electron chi connectivity index (χ0n) is 8.55. The lowest BCUT2D eigenvalue weighted by Crippen LogP contribution is -2.16. The third-order valence-corrected chi connectivity index (χ3v) is 1.67. The zero-order valence-corrected chi connectivity index (χ0v) is 8.55. The van der Waals surface area contributed by atoms with Gasteiger partial charge in [-0.2, -0.15) is 4.98 Å². The summed E-state index contributed by atoms with van der Waals surface area (Å²) in [6.45, 7) is 0.968. The molecule has 0 aliphatic heterocycles. The van der Waals surface area contributed by atoms with Gasteiger partial charge in [-0.25, -0.2) is 0 Å². The first-order chi connectivity index (χ1) is 7.27. The predicted molar refractivity (Wildman–Crippen MR) is 49.8 cm³/mol. The molecule has 0 amide bonds. The van der Waals surface area contributed by atoms with Crippen LogP contribution in [0.5, 0.6) is 0 Å². The van der Waals surface area contributed by atoms with Gasteiger partial charge in [-0.05, 0) is 0 Å². The summed E-state index contributed by atoms with van der Waals surface area (Å²) in [6.07, 6.45) is 0. The molecule has 0 aromatic carbocycles. The van der Waals surface area contributed by atoms with Crippen molar-refractivity contribution in [2.75, 3.05) is 26.9 Å². The molecule has 1 aromatic heterocycles. The molecule has 0 fully saturated rings. The fourth-order valence-corrected chi connectivity index (χ4v) is 0.861. The first-order valence-electron chi connectivity index (χ1n) is 4.53. The van der Waals surface area contributed by atoms with E-state index in [4.69, 9.17) is 24.8 Å². The van der Waals surface area contributed by atoms with E-state index in [0.29, 0.717) is 19.1 Å². The summed E-state index contributed by atoms with van der Waals surface area (Å²) in [6, 6.07) is -0.610. The minimum atomic E-state index is -0.610. The minimum absolute atomic E-state index is 0.217. The lowest BCUT2D eigenvalue weighted by Gasteiger charge is -1.99. The van der Waals surface area contributed by atoms with Gasteiger partial charge in [-0.1, -0.05) is 5.16 Å². The molecule has 86 valence electrons. The summed E-state index contributed by atoms with van der Waals surface area (Å²) in [5.41, 5.74) is 5.49. The van der Waals surface area contributed by atoms with Crippen LogP contribution >= 0.6 is 0 Å². The van der Waals surface area contributed by atoms with Crippen LogP contribution in [0.25, 0.3) is 0 Å². The van der Waals surface area contributed by atoms with Crippen molar-refractivity contribution in [3.63, 3.8) is 0 Å². The van der Waals surface area contributed by atoms with E-state index in [1.54, 1.807) is 7.11 Å². The number of aliphatic hydroxyl groups is 1. The second kappa shape index (κ2) is 6.46. The molecule has 15 heavy (non-hydrogen) atoms. The van der Waals surface area contributed by atoms with Gasteiger partial charge >= 0.3 is 0 Å². The fourth-order valence-electron chi connectivity index (χ4n) is 0.861. The van der Waals surface area contributed by atoms with Crippen LogP contribution in [0, 0.1) is 0 Å². The number of nitrogens with two attached hydrogens (primary N) is 1. The number of hydrogen-bond donors (Lipinski definition) is 2. The highest BCUT2D eigenvalue weighted by Crippen LogP contribution is 2.05. The highest BCUT2D eigenvalue weighted by molar-refractivity contribution is 4.91. The van der Waals surface area contributed by atoms with E-state index in [1.165, 1.54) is 0 Å². The van der Waals surface area contributed by atoms with Crippen molar-refractivity contribution in [2.24, 2.45) is 5.73 Å². The Labute approximate surface area is 87.2 Å². The van der Waals surface area contributed by atoms with Crippen LogP contribution in [0.2, 0.25) is 0 Å². The summed E-state index contributed by atoms with van der Waals surface area (Å²) in [5, 5.41) is 12.4. The van der Waals surface area contributed by atoms with E-state index in [0.717, 1.165) is 0 Å². The molecule has 7 heteroatoms. The lowest BCUT2D eigenvalue weighted by atomic mass is 10.3. The third-order valence-electron chi connectivity index (χ3n) is 1.67. The molecule has 1 aromatic rings. The predicted octanol–water partition coefficient (Wildman–Crippen LogP) is -0.775. The molecule has 0 bridgehead atoms. The average molecular weight is 217 g/mol. The summed E-state index contributed by atoms with van der Waals surface area (Å²) < 4.78 is 14.8. The SMILES string of the molecule is COCCOCc1nc(C(N)CO)no1. The molecule has 0 spiro atoms. The number of nitrogens with zero attached hydrogens (tertiary/aromatic N) is 2. The Morgan fingerprint density at radius 3 is 3.00 bits per heavy atom. The van der Waals surface area contributed by atoms with E-state index in [2.05, 4.69) is 10.1 Å². The summed E-state index contributed by atoms with van der Waals surface area (Å²) in [5.74, 6) is 0.618. The largest absolute Gasteiger partial charge is 0.394 e. The molecule has 1 rings (SSSR count). The van der Waals surface area contributed by atoms with Gasteiger partial charge in [-0.3, -0.25) is 0 Å². The standard InChI is InChI=1S/C8H15N3O4/c1-13-2-3-14-5-7-10-8(11-15-7)6(9)4-12/h6,12H,2-5,9H2,1H3. The molecule has 0 saturated heterocycles. The Morgan fingerprint density at radius 2 is 2.33 bits per heavy atom. The molecule has 1 heterocycles. The van der Waals surface area contributed by atoms with Crippen LogP contribution in [0.15, 0.2) is 4.52 Å². The van der Waals surface area contributed by atoms with E-state index < -0.39 is 6.04 Å². The Kier molecular flexibility index (Phi) is 5.19. The van der Waals surface area contributed by atoms with E-state index in [9.17, 15) is 0 Å². The zero-order chi connectivity index (χ0) is 11.1. The quantitative estimate of drug-likeness (QED) is 0.577. The molecule has 0 radical (unpaired) electrons. The van der Waals surface area contributed by atoms with Crippen molar-refractivity contribution in [3.8, 4) is 0 Å². The van der Waals surface area contributed by atoms with Crippen molar-refractivity contribution in [1.82, 2.24) is 10.1 Å². The number of rotatable bonds is 7. The molecule has 1 atom stereocenters. The molecule has 0 aliphatic rings. The fraction of sp³-hybridized carbons (Fsp3) is 0.750. The lowest BCUT2D eigenvalue weighted by molar-refractivity contribution is 0.0494. The molecule has 1 unspecified atom stereocenters. The van der Waals surface area contributed by atoms with E-state index >= 15 is 0 Å². The second-order valence-corrected chi connectivity index (χ2v) is 2.88. The molecule has 0 aliphatic carbocycles. The number of aliphatic hydroxyl groups excluding tert-OH is 1. The highest BCUT2D eigenvalue weighted by Gasteiger charge is 2.12. The van der Waals surface area contributed by atoms with Crippen molar-refractivity contribution >= 4 is 0 Å². The Morgan fingerprint density at radius 1 is 1.53 bits per heavy atom. The maximum atomic E-state index is 8.75. The highest BCUT2D eigenvalue weighted by atomic mass is 16.5. The van der Waals surface area contributed by atoms with Crippen LogP contribution in [-0.4, -0.2) is 42.2 Å². The maximum Gasteiger partial charge on any atom is 0.252 e. The van der Waals surface area contributed by atoms with Crippen LogP contribution in [-0.2, 0) is 16.1 Å². The molecular formula is C8H15N3O4. The normalized spacial score (nSPS) is 13.0. The third kappa shape index (κ3) is 3.92. The summed E-state index contributed by atoms with van der Waals surface area (Å²) >= 11 is 0. The van der Waals surface area contributed by atoms with Gasteiger partial charge in [0, 0.05) is 7.11 Å². The maximum absolute atomic E-state index is 8.75. The van der Waals surface area contributed by atoms with Gasteiger partial charge in [0.25, 0.3) is 5.89 Å². The number of aromatic nitrogens is 2. The molecule has 3 N–H and O–H groups in total. The molecular weight excluding hydrogens is 202 g/mol. The Hall–Kier alpha value is -1.02. The average Bonchev–Trinajstić information content (AvgIpc) is 2.72.